The molecule has 0 aliphatic heterocycles. The van der Waals surface area contributed by atoms with Crippen molar-refractivity contribution in [3.05, 3.63) is 82.9 Å². The van der Waals surface area contributed by atoms with Crippen molar-refractivity contribution in [1.82, 2.24) is 19.1 Å². The van der Waals surface area contributed by atoms with Gasteiger partial charge >= 0.3 is 0 Å². The molecular weight excluding hydrogens is 302 g/mol. The van der Waals surface area contributed by atoms with Gasteiger partial charge in [-0.1, -0.05) is 48.5 Å². The largest absolute Gasteiger partial charge is 0.369 e. The molecule has 2 N–H and O–H groups in total. The van der Waals surface area contributed by atoms with Crippen LogP contribution in [0.15, 0.2) is 71.8 Å². The van der Waals surface area contributed by atoms with Gasteiger partial charge in [-0.05, 0) is 17.7 Å². The number of benzene rings is 2. The van der Waals surface area contributed by atoms with Gasteiger partial charge in [-0.3, -0.25) is 13.9 Å². The highest BCUT2D eigenvalue weighted by atomic mass is 16.1. The highest BCUT2D eigenvalue weighted by Gasteiger charge is 2.15. The lowest BCUT2D eigenvalue weighted by Crippen LogP contribution is -2.26. The molecule has 6 nitrogen and oxygen atoms in total. The molecule has 0 spiro atoms. The average Bonchev–Trinajstić information content (AvgIpc) is 3.04. The van der Waals surface area contributed by atoms with Crippen LogP contribution >= 0.6 is 0 Å². The van der Waals surface area contributed by atoms with Crippen molar-refractivity contribution in [2.45, 2.75) is 6.54 Å². The van der Waals surface area contributed by atoms with E-state index in [0.29, 0.717) is 17.7 Å². The van der Waals surface area contributed by atoms with Crippen LogP contribution in [0.2, 0.25) is 0 Å². The Bertz CT molecular complexity index is 1050. The number of hydrogen-bond donors (Lipinski definition) is 1. The summed E-state index contributed by atoms with van der Waals surface area (Å²) in [5.74, 6) is 0.162. The predicted octanol–water partition coefficient (Wildman–Crippen LogP) is 2.21. The van der Waals surface area contributed by atoms with Crippen molar-refractivity contribution in [1.29, 1.82) is 0 Å². The number of para-hydroxylation sites is 1. The lowest BCUT2D eigenvalue weighted by Gasteiger charge is -2.10. The van der Waals surface area contributed by atoms with E-state index in [4.69, 9.17) is 5.73 Å². The molecule has 0 aliphatic rings. The van der Waals surface area contributed by atoms with Crippen LogP contribution in [0.4, 0.5) is 5.95 Å². The van der Waals surface area contributed by atoms with Gasteiger partial charge in [-0.2, -0.15) is 4.98 Å². The quantitative estimate of drug-likeness (QED) is 0.628. The second kappa shape index (κ2) is 5.66. The Kier molecular flexibility index (Phi) is 3.35. The van der Waals surface area contributed by atoms with E-state index in [9.17, 15) is 4.79 Å². The van der Waals surface area contributed by atoms with Gasteiger partial charge in [0.2, 0.25) is 5.95 Å². The van der Waals surface area contributed by atoms with Crippen LogP contribution < -0.4 is 11.3 Å². The summed E-state index contributed by atoms with van der Waals surface area (Å²) in [7, 11) is 0. The summed E-state index contributed by atoms with van der Waals surface area (Å²) < 4.78 is 3.21. The average molecular weight is 317 g/mol. The number of fused-ring (bicyclic) bond motifs is 1. The third-order valence-electron chi connectivity index (χ3n) is 3.91. The van der Waals surface area contributed by atoms with Crippen molar-refractivity contribution < 1.29 is 0 Å². The topological polar surface area (TPSA) is 78.7 Å². The van der Waals surface area contributed by atoms with E-state index in [2.05, 4.69) is 9.97 Å². The zero-order chi connectivity index (χ0) is 16.5. The molecule has 0 saturated heterocycles. The Morgan fingerprint density at radius 2 is 1.62 bits per heavy atom. The van der Waals surface area contributed by atoms with Crippen molar-refractivity contribution in [3.8, 4) is 5.69 Å². The molecule has 0 bridgehead atoms. The summed E-state index contributed by atoms with van der Waals surface area (Å²) >= 11 is 0. The number of nitrogens with two attached hydrogens (primary N) is 1. The van der Waals surface area contributed by atoms with E-state index in [1.165, 1.54) is 4.57 Å². The van der Waals surface area contributed by atoms with Crippen LogP contribution in [-0.2, 0) is 6.54 Å². The van der Waals surface area contributed by atoms with Gasteiger partial charge in [0.05, 0.1) is 6.54 Å². The zero-order valence-electron chi connectivity index (χ0n) is 12.8. The molecule has 4 rings (SSSR count). The van der Waals surface area contributed by atoms with Crippen molar-refractivity contribution in [2.24, 2.45) is 0 Å². The van der Waals surface area contributed by atoms with Crippen molar-refractivity contribution in [3.63, 3.8) is 0 Å². The Balaban J connectivity index is 1.91. The van der Waals surface area contributed by atoms with Gasteiger partial charge in [0.1, 0.15) is 6.33 Å². The highest BCUT2D eigenvalue weighted by Crippen LogP contribution is 2.15. The minimum Gasteiger partial charge on any atom is -0.369 e. The first-order chi connectivity index (χ1) is 11.7. The summed E-state index contributed by atoms with van der Waals surface area (Å²) in [6, 6.07) is 19.3. The van der Waals surface area contributed by atoms with E-state index in [1.807, 2.05) is 60.7 Å². The van der Waals surface area contributed by atoms with Gasteiger partial charge < -0.3 is 5.73 Å². The van der Waals surface area contributed by atoms with Gasteiger partial charge in [0, 0.05) is 5.69 Å². The van der Waals surface area contributed by atoms with Crippen LogP contribution in [-0.4, -0.2) is 19.1 Å². The SMILES string of the molecule is Nc1nc2ncn(-c3ccccc3)c2c(=O)n1Cc1ccccc1. The van der Waals surface area contributed by atoms with E-state index in [0.717, 1.165) is 11.3 Å². The standard InChI is InChI=1S/C18H15N5O/c19-18-21-16-15(23(12-20-16)14-9-5-2-6-10-14)17(24)22(18)11-13-7-3-1-4-8-13/h1-10,12H,11H2,(H2,19,21). The minimum atomic E-state index is -0.206. The van der Waals surface area contributed by atoms with Gasteiger partial charge in [0.15, 0.2) is 11.2 Å². The maximum atomic E-state index is 13.0. The monoisotopic (exact) mass is 317 g/mol. The third kappa shape index (κ3) is 2.34. The van der Waals surface area contributed by atoms with E-state index in [1.54, 1.807) is 10.9 Å². The second-order valence-corrected chi connectivity index (χ2v) is 5.47. The highest BCUT2D eigenvalue weighted by molar-refractivity contribution is 5.73. The molecule has 0 atom stereocenters. The molecule has 0 radical (unpaired) electrons. The Labute approximate surface area is 137 Å². The fraction of sp³-hybridized carbons (Fsp3) is 0.0556. The number of anilines is 1. The minimum absolute atomic E-state index is 0.162. The molecular formula is C18H15N5O. The van der Waals surface area contributed by atoms with Crippen LogP contribution in [0.1, 0.15) is 5.56 Å². The smallest absolute Gasteiger partial charge is 0.281 e. The Morgan fingerprint density at radius 1 is 0.958 bits per heavy atom. The molecule has 6 heteroatoms. The summed E-state index contributed by atoms with van der Waals surface area (Å²) in [5.41, 5.74) is 8.40. The van der Waals surface area contributed by atoms with E-state index >= 15 is 0 Å². The fourth-order valence-corrected chi connectivity index (χ4v) is 2.72. The molecule has 0 fully saturated rings. The normalized spacial score (nSPS) is 11.0. The summed E-state index contributed by atoms with van der Waals surface area (Å²) in [6.07, 6.45) is 1.60. The molecule has 0 amide bonds. The molecule has 0 saturated carbocycles. The molecule has 2 heterocycles. The summed E-state index contributed by atoms with van der Waals surface area (Å²) in [4.78, 5) is 21.5. The number of aromatic nitrogens is 4. The first-order valence-electron chi connectivity index (χ1n) is 7.57. The first kappa shape index (κ1) is 14.2. The maximum Gasteiger partial charge on any atom is 0.281 e. The van der Waals surface area contributed by atoms with E-state index in [-0.39, 0.29) is 11.5 Å². The lowest BCUT2D eigenvalue weighted by molar-refractivity contribution is 0.759. The fourth-order valence-electron chi connectivity index (χ4n) is 2.72. The second-order valence-electron chi connectivity index (χ2n) is 5.47. The molecule has 118 valence electrons. The zero-order valence-corrected chi connectivity index (χ0v) is 12.8. The maximum absolute atomic E-state index is 13.0. The van der Waals surface area contributed by atoms with E-state index < -0.39 is 0 Å². The van der Waals surface area contributed by atoms with Crippen LogP contribution in [0.5, 0.6) is 0 Å². The van der Waals surface area contributed by atoms with Gasteiger partial charge in [-0.15, -0.1) is 0 Å². The lowest BCUT2D eigenvalue weighted by atomic mass is 10.2. The molecule has 0 aliphatic carbocycles. The van der Waals surface area contributed by atoms with Crippen LogP contribution in [0.3, 0.4) is 0 Å². The Hall–Kier alpha value is -3.41. The summed E-state index contributed by atoms with van der Waals surface area (Å²) in [6.45, 7) is 0.369. The third-order valence-corrected chi connectivity index (χ3v) is 3.91. The van der Waals surface area contributed by atoms with Crippen molar-refractivity contribution in [2.75, 3.05) is 5.73 Å². The number of nitrogens with zero attached hydrogens (tertiary/aromatic N) is 4. The first-order valence-corrected chi connectivity index (χ1v) is 7.57. The van der Waals surface area contributed by atoms with Crippen LogP contribution in [0.25, 0.3) is 16.9 Å². The number of nitrogen functional groups attached to an aromatic ring is 1. The predicted molar refractivity (Wildman–Crippen MR) is 93.1 cm³/mol. The molecule has 0 unspecified atom stereocenters. The molecule has 2 aromatic carbocycles. The number of hydrogen-bond acceptors (Lipinski definition) is 4. The number of rotatable bonds is 3. The van der Waals surface area contributed by atoms with Crippen LogP contribution in [0, 0.1) is 0 Å². The van der Waals surface area contributed by atoms with Gasteiger partial charge in [0.25, 0.3) is 5.56 Å². The number of imidazole rings is 1. The molecule has 2 aromatic heterocycles. The van der Waals surface area contributed by atoms with Gasteiger partial charge in [-0.25, -0.2) is 4.98 Å². The summed E-state index contributed by atoms with van der Waals surface area (Å²) in [5, 5.41) is 0. The molecule has 4 aromatic rings. The Morgan fingerprint density at radius 3 is 2.33 bits per heavy atom. The molecule has 24 heavy (non-hydrogen) atoms. The van der Waals surface area contributed by atoms with Crippen molar-refractivity contribution >= 4 is 17.1 Å².